The number of hydrogen-bond donors (Lipinski definition) is 0. The zero-order valence-electron chi connectivity index (χ0n) is 37.8. The molecule has 3 nitrogen and oxygen atoms in total. The van der Waals surface area contributed by atoms with Crippen LogP contribution < -0.4 is 0 Å². The second kappa shape index (κ2) is 15.2. The molecule has 0 fully saturated rings. The Morgan fingerprint density at radius 1 is 0.418 bits per heavy atom. The quantitative estimate of drug-likeness (QED) is 0.155. The molecule has 67 heavy (non-hydrogen) atoms. The van der Waals surface area contributed by atoms with Crippen LogP contribution in [0.5, 0.6) is 0 Å². The Hall–Kier alpha value is -7.06. The fourth-order valence-electron chi connectivity index (χ4n) is 12.5. The first-order valence-corrected chi connectivity index (χ1v) is 23.0. The minimum absolute atomic E-state index is 0. The molecule has 8 aromatic carbocycles. The monoisotopic (exact) mass is 1040 g/mol. The molecule has 0 saturated carbocycles. The molecule has 326 valence electrons. The SMILES string of the molecule is CC1=C(C)N(C2(c3[c-]c(C4(c5[c-]c(C6(c7cc(C)ccn7)c7ccccc7-c7ccccc76)ccc5)c5ccccc5-c5ccccc54)ccc3)c3ccccc3-c3ccccc32)[CH-]N1C.[Pt]. The van der Waals surface area contributed by atoms with Gasteiger partial charge in [0.15, 0.2) is 0 Å². The molecule has 3 aliphatic carbocycles. The average Bonchev–Trinajstić information content (AvgIpc) is 4.04. The zero-order chi connectivity index (χ0) is 44.4. The first-order valence-electron chi connectivity index (χ1n) is 23.0. The van der Waals surface area contributed by atoms with Gasteiger partial charge in [-0.25, -0.2) is 0 Å². The van der Waals surface area contributed by atoms with E-state index in [1.165, 1.54) is 83.7 Å². The van der Waals surface area contributed by atoms with Gasteiger partial charge in [-0.05, 0) is 124 Å². The third-order valence-corrected chi connectivity index (χ3v) is 15.4. The van der Waals surface area contributed by atoms with Crippen molar-refractivity contribution in [1.82, 2.24) is 14.8 Å². The number of rotatable bonds is 6. The van der Waals surface area contributed by atoms with Gasteiger partial charge in [0.05, 0.1) is 16.6 Å². The molecule has 9 aromatic rings. The minimum atomic E-state index is -0.788. The van der Waals surface area contributed by atoms with E-state index in [9.17, 15) is 0 Å². The molecule has 0 unspecified atom stereocenters. The van der Waals surface area contributed by atoms with Gasteiger partial charge in [0, 0.05) is 32.7 Å². The number of benzene rings is 8. The van der Waals surface area contributed by atoms with Crippen molar-refractivity contribution < 1.29 is 21.1 Å². The molecular weight excluding hydrogens is 994 g/mol. The third kappa shape index (κ3) is 5.35. The van der Waals surface area contributed by atoms with Gasteiger partial charge in [-0.3, -0.25) is 4.98 Å². The Balaban J connectivity index is 0.00000468. The first kappa shape index (κ1) is 41.4. The minimum Gasteiger partial charge on any atom is -0.508 e. The predicted octanol–water partition coefficient (Wildman–Crippen LogP) is 13.6. The van der Waals surface area contributed by atoms with Crippen molar-refractivity contribution in [3.05, 3.63) is 297 Å². The maximum atomic E-state index is 5.26. The number of aryl methyl sites for hydroxylation is 1. The van der Waals surface area contributed by atoms with Crippen LogP contribution in [0.1, 0.15) is 80.7 Å². The first-order chi connectivity index (χ1) is 32.4. The largest absolute Gasteiger partial charge is 0.508 e. The van der Waals surface area contributed by atoms with E-state index >= 15 is 0 Å². The van der Waals surface area contributed by atoms with Crippen LogP contribution in [-0.4, -0.2) is 21.8 Å². The van der Waals surface area contributed by atoms with E-state index in [1.54, 1.807) is 0 Å². The van der Waals surface area contributed by atoms with Gasteiger partial charge in [0.2, 0.25) is 0 Å². The summed E-state index contributed by atoms with van der Waals surface area (Å²) in [5.41, 5.74) is 21.5. The van der Waals surface area contributed by atoms with Gasteiger partial charge in [0.25, 0.3) is 0 Å². The summed E-state index contributed by atoms with van der Waals surface area (Å²) in [6.07, 6.45) is 1.97. The van der Waals surface area contributed by atoms with Crippen molar-refractivity contribution in [3.63, 3.8) is 0 Å². The van der Waals surface area contributed by atoms with Crippen LogP contribution in [0.15, 0.2) is 212 Å². The van der Waals surface area contributed by atoms with Crippen molar-refractivity contribution in [1.29, 1.82) is 0 Å². The van der Waals surface area contributed by atoms with Crippen LogP contribution in [0.2, 0.25) is 0 Å². The number of pyridine rings is 1. The van der Waals surface area contributed by atoms with E-state index < -0.39 is 16.4 Å². The molecule has 4 aliphatic rings. The molecule has 0 saturated heterocycles. The molecule has 1 aromatic heterocycles. The topological polar surface area (TPSA) is 19.4 Å². The van der Waals surface area contributed by atoms with Gasteiger partial charge in [-0.1, -0.05) is 146 Å². The van der Waals surface area contributed by atoms with Gasteiger partial charge in [-0.2, -0.15) is 55.2 Å². The standard InChI is InChI=1S/C63H46N3.Pt/c1-41-35-36-64-60(37-41)62(56-31-13-7-25-50(56)51-26-8-14-32-57(51)62)46-21-17-19-44(38-46)61(54-29-11-5-23-48(54)49-24-6-12-30-55(49)61)45-20-18-22-47(39-45)63(66-40-65(4)42(2)43(66)3)58-33-15-9-27-52(58)53-28-10-16-34-59(53)63;/h5-37,40H,1-4H3;/q-3;. The summed E-state index contributed by atoms with van der Waals surface area (Å²) in [6.45, 7) is 8.93. The Bertz CT molecular complexity index is 3370. The zero-order valence-corrected chi connectivity index (χ0v) is 40.1. The number of hydrogen-bond acceptors (Lipinski definition) is 3. The normalized spacial score (nSPS) is 16.1. The summed E-state index contributed by atoms with van der Waals surface area (Å²) in [4.78, 5) is 10.0. The number of aromatic nitrogens is 1. The Kier molecular flexibility index (Phi) is 9.41. The summed E-state index contributed by atoms with van der Waals surface area (Å²) in [5.74, 6) is 0. The molecule has 1 aliphatic heterocycles. The van der Waals surface area contributed by atoms with E-state index in [2.05, 4.69) is 251 Å². The van der Waals surface area contributed by atoms with Crippen molar-refractivity contribution in [2.75, 3.05) is 7.05 Å². The van der Waals surface area contributed by atoms with E-state index in [-0.39, 0.29) is 21.1 Å². The Morgan fingerprint density at radius 3 is 1.22 bits per heavy atom. The number of nitrogens with zero attached hydrogens (tertiary/aromatic N) is 3. The summed E-state index contributed by atoms with van der Waals surface area (Å²) in [5, 5.41) is 0. The summed E-state index contributed by atoms with van der Waals surface area (Å²) in [6, 6.07) is 80.5. The van der Waals surface area contributed by atoms with Crippen LogP contribution >= 0.6 is 0 Å². The second-order valence-electron chi connectivity index (χ2n) is 18.4. The second-order valence-corrected chi connectivity index (χ2v) is 18.4. The fourth-order valence-corrected chi connectivity index (χ4v) is 12.5. The summed E-state index contributed by atoms with van der Waals surface area (Å²) in [7, 11) is 2.16. The Labute approximate surface area is 408 Å². The maximum absolute atomic E-state index is 5.26. The van der Waals surface area contributed by atoms with Crippen molar-refractivity contribution in [3.8, 4) is 33.4 Å². The molecular formula is C63H46N3Pt-3. The van der Waals surface area contributed by atoms with E-state index in [1.807, 2.05) is 6.20 Å². The van der Waals surface area contributed by atoms with Crippen LogP contribution in [0.25, 0.3) is 33.4 Å². The van der Waals surface area contributed by atoms with Crippen molar-refractivity contribution >= 4 is 0 Å². The smallest absolute Gasteiger partial charge is 0.0688 e. The molecule has 0 atom stereocenters. The average molecular weight is 1040 g/mol. The van der Waals surface area contributed by atoms with Gasteiger partial charge >= 0.3 is 0 Å². The van der Waals surface area contributed by atoms with Crippen LogP contribution in [-0.2, 0) is 37.4 Å². The van der Waals surface area contributed by atoms with Crippen LogP contribution in [0.3, 0.4) is 0 Å². The Morgan fingerprint density at radius 2 is 0.791 bits per heavy atom. The van der Waals surface area contributed by atoms with E-state index in [4.69, 9.17) is 4.98 Å². The molecule has 0 radical (unpaired) electrons. The van der Waals surface area contributed by atoms with E-state index in [0.717, 1.165) is 27.9 Å². The molecule has 0 spiro atoms. The van der Waals surface area contributed by atoms with Crippen LogP contribution in [0, 0.1) is 25.7 Å². The third-order valence-electron chi connectivity index (χ3n) is 15.4. The molecule has 0 bridgehead atoms. The van der Waals surface area contributed by atoms with E-state index in [0.29, 0.717) is 0 Å². The molecule has 2 heterocycles. The molecule has 4 heteroatoms. The number of fused-ring (bicyclic) bond motifs is 9. The van der Waals surface area contributed by atoms with Gasteiger partial charge in [0.1, 0.15) is 0 Å². The molecule has 0 amide bonds. The molecule has 13 rings (SSSR count). The maximum Gasteiger partial charge on any atom is 0.0688 e. The summed E-state index contributed by atoms with van der Waals surface area (Å²) < 4.78 is 0. The molecule has 0 N–H and O–H groups in total. The van der Waals surface area contributed by atoms with Crippen LogP contribution in [0.4, 0.5) is 0 Å². The van der Waals surface area contributed by atoms with Gasteiger partial charge in [-0.15, -0.1) is 22.3 Å². The fraction of sp³-hybridized carbons (Fsp3) is 0.111. The van der Waals surface area contributed by atoms with Gasteiger partial charge < -0.3 is 9.80 Å². The van der Waals surface area contributed by atoms with Crippen molar-refractivity contribution in [2.45, 2.75) is 37.1 Å². The number of allylic oxidation sites excluding steroid dienone is 2. The summed E-state index contributed by atoms with van der Waals surface area (Å²) >= 11 is 0. The predicted molar refractivity (Wildman–Crippen MR) is 265 cm³/mol. The van der Waals surface area contributed by atoms with Crippen molar-refractivity contribution in [2.24, 2.45) is 0 Å².